The summed E-state index contributed by atoms with van der Waals surface area (Å²) < 4.78 is 20.8. The highest BCUT2D eigenvalue weighted by atomic mass is 19.1. The van der Waals surface area contributed by atoms with Crippen LogP contribution in [0.3, 0.4) is 0 Å². The lowest BCUT2D eigenvalue weighted by Gasteiger charge is -2.35. The minimum atomic E-state index is -0.226. The summed E-state index contributed by atoms with van der Waals surface area (Å²) in [5.41, 5.74) is 3.15. The van der Waals surface area contributed by atoms with Gasteiger partial charge in [-0.3, -0.25) is 9.89 Å². The average Bonchev–Trinajstić information content (AvgIpc) is 3.32. The highest BCUT2D eigenvalue weighted by Crippen LogP contribution is 2.21. The van der Waals surface area contributed by atoms with Crippen molar-refractivity contribution in [1.29, 1.82) is 0 Å². The second-order valence-corrected chi connectivity index (χ2v) is 7.65. The van der Waals surface area contributed by atoms with Crippen molar-refractivity contribution in [1.82, 2.24) is 25.3 Å². The third-order valence-electron chi connectivity index (χ3n) is 5.54. The molecule has 1 aromatic heterocycles. The zero-order valence-corrected chi connectivity index (χ0v) is 18.2. The van der Waals surface area contributed by atoms with Gasteiger partial charge in [0.15, 0.2) is 5.96 Å². The fraction of sp³-hybridized carbons (Fsp3) is 0.333. The van der Waals surface area contributed by atoms with Crippen LogP contribution in [0.2, 0.25) is 0 Å². The average molecular weight is 437 g/mol. The lowest BCUT2D eigenvalue weighted by atomic mass is 10.0. The summed E-state index contributed by atoms with van der Waals surface area (Å²) in [6, 6.07) is 16.8. The van der Waals surface area contributed by atoms with Gasteiger partial charge in [-0.1, -0.05) is 30.3 Å². The lowest BCUT2D eigenvalue weighted by molar-refractivity contribution is 0.0170. The summed E-state index contributed by atoms with van der Waals surface area (Å²) in [5.74, 6) is 0.480. The third kappa shape index (κ3) is 5.72. The van der Waals surface area contributed by atoms with Crippen LogP contribution in [0, 0.1) is 5.82 Å². The number of aromatic nitrogens is 2. The minimum Gasteiger partial charge on any atom is -0.379 e. The molecule has 1 aliphatic rings. The molecule has 1 saturated heterocycles. The molecule has 8 heteroatoms. The fourth-order valence-electron chi connectivity index (χ4n) is 3.80. The molecule has 0 saturated carbocycles. The lowest BCUT2D eigenvalue weighted by Crippen LogP contribution is -2.46. The van der Waals surface area contributed by atoms with Crippen molar-refractivity contribution >= 4 is 5.96 Å². The van der Waals surface area contributed by atoms with Crippen molar-refractivity contribution in [3.8, 4) is 5.69 Å². The number of benzene rings is 2. The van der Waals surface area contributed by atoms with Crippen LogP contribution in [0.5, 0.6) is 0 Å². The Hall–Kier alpha value is -3.23. The van der Waals surface area contributed by atoms with Gasteiger partial charge in [-0.25, -0.2) is 9.07 Å². The first-order chi connectivity index (χ1) is 15.7. The van der Waals surface area contributed by atoms with E-state index in [0.717, 1.165) is 29.9 Å². The van der Waals surface area contributed by atoms with Gasteiger partial charge in [-0.05, 0) is 29.8 Å². The molecule has 2 N–H and O–H groups in total. The molecule has 0 bridgehead atoms. The van der Waals surface area contributed by atoms with E-state index in [1.54, 1.807) is 7.05 Å². The van der Waals surface area contributed by atoms with E-state index in [-0.39, 0.29) is 11.9 Å². The maximum absolute atomic E-state index is 13.4. The molecular weight excluding hydrogens is 407 g/mol. The minimum absolute atomic E-state index is 0.0962. The molecule has 2 aromatic carbocycles. The fourth-order valence-corrected chi connectivity index (χ4v) is 3.80. The van der Waals surface area contributed by atoms with Crippen molar-refractivity contribution in [3.05, 3.63) is 83.9 Å². The smallest absolute Gasteiger partial charge is 0.191 e. The molecule has 3 aromatic rings. The number of para-hydroxylation sites is 1. The molecule has 0 spiro atoms. The first-order valence-corrected chi connectivity index (χ1v) is 10.8. The molecule has 32 heavy (non-hydrogen) atoms. The van der Waals surface area contributed by atoms with Crippen LogP contribution in [0.4, 0.5) is 4.39 Å². The first kappa shape index (κ1) is 22.0. The number of hydrogen-bond acceptors (Lipinski definition) is 4. The SMILES string of the molecule is CN=C(NCc1cnn(-c2ccccc2)c1)NCC(c1ccc(F)cc1)N1CCOCC1. The second-order valence-electron chi connectivity index (χ2n) is 7.65. The van der Waals surface area contributed by atoms with E-state index in [1.165, 1.54) is 12.1 Å². The van der Waals surface area contributed by atoms with E-state index in [9.17, 15) is 4.39 Å². The topological polar surface area (TPSA) is 66.7 Å². The molecule has 0 amide bonds. The van der Waals surface area contributed by atoms with Gasteiger partial charge in [-0.15, -0.1) is 0 Å². The van der Waals surface area contributed by atoms with Crippen LogP contribution < -0.4 is 10.6 Å². The van der Waals surface area contributed by atoms with Crippen molar-refractivity contribution in [3.63, 3.8) is 0 Å². The zero-order valence-electron chi connectivity index (χ0n) is 18.2. The summed E-state index contributed by atoms with van der Waals surface area (Å²) in [4.78, 5) is 6.72. The van der Waals surface area contributed by atoms with Gasteiger partial charge in [0.25, 0.3) is 0 Å². The summed E-state index contributed by atoms with van der Waals surface area (Å²) in [6.07, 6.45) is 3.85. The predicted molar refractivity (Wildman–Crippen MR) is 123 cm³/mol. The molecule has 2 heterocycles. The first-order valence-electron chi connectivity index (χ1n) is 10.8. The molecule has 1 unspecified atom stereocenters. The van der Waals surface area contributed by atoms with Crippen molar-refractivity contribution in [2.24, 2.45) is 4.99 Å². The molecule has 4 rings (SSSR count). The number of aliphatic imine (C=N–C) groups is 1. The Morgan fingerprint density at radius 1 is 1.09 bits per heavy atom. The summed E-state index contributed by atoms with van der Waals surface area (Å²) >= 11 is 0. The highest BCUT2D eigenvalue weighted by molar-refractivity contribution is 5.79. The molecule has 0 radical (unpaired) electrons. The van der Waals surface area contributed by atoms with Crippen LogP contribution in [0.15, 0.2) is 72.0 Å². The number of nitrogens with one attached hydrogen (secondary N) is 2. The Kier molecular flexibility index (Phi) is 7.47. The Labute approximate surface area is 187 Å². The largest absolute Gasteiger partial charge is 0.379 e. The van der Waals surface area contributed by atoms with Crippen LogP contribution in [0.1, 0.15) is 17.2 Å². The number of ether oxygens (including phenoxy) is 1. The Morgan fingerprint density at radius 2 is 1.84 bits per heavy atom. The summed E-state index contributed by atoms with van der Waals surface area (Å²) in [6.45, 7) is 4.34. The number of rotatable bonds is 7. The number of morpholine rings is 1. The Bertz CT molecular complexity index is 999. The Morgan fingerprint density at radius 3 is 2.56 bits per heavy atom. The van der Waals surface area contributed by atoms with Crippen LogP contribution in [0.25, 0.3) is 5.69 Å². The number of nitrogens with zero attached hydrogens (tertiary/aromatic N) is 4. The zero-order chi connectivity index (χ0) is 22.2. The van der Waals surface area contributed by atoms with E-state index in [1.807, 2.05) is 59.5 Å². The van der Waals surface area contributed by atoms with E-state index in [0.29, 0.717) is 32.3 Å². The maximum atomic E-state index is 13.4. The van der Waals surface area contributed by atoms with Crippen LogP contribution >= 0.6 is 0 Å². The third-order valence-corrected chi connectivity index (χ3v) is 5.54. The van der Waals surface area contributed by atoms with Gasteiger partial charge in [0.1, 0.15) is 5.82 Å². The standard InChI is InChI=1S/C24H29FN6O/c1-26-24(27-15-19-16-29-31(18-19)22-5-3-2-4-6-22)28-17-23(30-11-13-32-14-12-30)20-7-9-21(25)10-8-20/h2-10,16,18,23H,11-15,17H2,1H3,(H2,26,27,28). The monoisotopic (exact) mass is 436 g/mol. The maximum Gasteiger partial charge on any atom is 0.191 e. The Balaban J connectivity index is 1.36. The quantitative estimate of drug-likeness (QED) is 0.440. The van der Waals surface area contributed by atoms with E-state index in [4.69, 9.17) is 4.74 Å². The van der Waals surface area contributed by atoms with Crippen LogP contribution in [-0.2, 0) is 11.3 Å². The highest BCUT2D eigenvalue weighted by Gasteiger charge is 2.23. The second kappa shape index (κ2) is 10.9. The normalized spacial score (nSPS) is 16.0. The summed E-state index contributed by atoms with van der Waals surface area (Å²) in [5, 5.41) is 11.2. The molecule has 7 nitrogen and oxygen atoms in total. The van der Waals surface area contributed by atoms with Gasteiger partial charge in [0.05, 0.1) is 31.1 Å². The van der Waals surface area contributed by atoms with E-state index in [2.05, 4.69) is 25.6 Å². The molecule has 1 aliphatic heterocycles. The van der Waals surface area contributed by atoms with Gasteiger partial charge >= 0.3 is 0 Å². The van der Waals surface area contributed by atoms with Crippen molar-refractivity contribution in [2.45, 2.75) is 12.6 Å². The van der Waals surface area contributed by atoms with Gasteiger partial charge < -0.3 is 15.4 Å². The molecule has 0 aliphatic carbocycles. The molecule has 1 atom stereocenters. The molecule has 1 fully saturated rings. The molecule has 168 valence electrons. The predicted octanol–water partition coefficient (Wildman–Crippen LogP) is 2.75. The molecular formula is C24H29FN6O. The van der Waals surface area contributed by atoms with Gasteiger partial charge in [0.2, 0.25) is 0 Å². The summed E-state index contributed by atoms with van der Waals surface area (Å²) in [7, 11) is 1.75. The van der Waals surface area contributed by atoms with E-state index >= 15 is 0 Å². The number of guanidine groups is 1. The number of halogens is 1. The van der Waals surface area contributed by atoms with Gasteiger partial charge in [0, 0.05) is 45.0 Å². The van der Waals surface area contributed by atoms with Gasteiger partial charge in [-0.2, -0.15) is 5.10 Å². The number of hydrogen-bond donors (Lipinski definition) is 2. The van der Waals surface area contributed by atoms with E-state index < -0.39 is 0 Å². The van der Waals surface area contributed by atoms with Crippen molar-refractivity contribution in [2.75, 3.05) is 39.9 Å². The van der Waals surface area contributed by atoms with Crippen molar-refractivity contribution < 1.29 is 9.13 Å². The van der Waals surface area contributed by atoms with Crippen LogP contribution in [-0.4, -0.2) is 60.5 Å².